The van der Waals surface area contributed by atoms with E-state index in [-0.39, 0.29) is 17.7 Å². The van der Waals surface area contributed by atoms with E-state index in [1.165, 1.54) is 6.07 Å². The molecular formula is C10H11NO4. The van der Waals surface area contributed by atoms with Crippen molar-refractivity contribution >= 4 is 5.69 Å². The van der Waals surface area contributed by atoms with Crippen molar-refractivity contribution < 1.29 is 14.4 Å². The van der Waals surface area contributed by atoms with Crippen molar-refractivity contribution in [2.45, 2.75) is 19.1 Å². The lowest BCUT2D eigenvalue weighted by molar-refractivity contribution is -0.386. The molecule has 1 heterocycles. The molecule has 0 spiro atoms. The molecule has 0 N–H and O–H groups in total. The highest BCUT2D eigenvalue weighted by molar-refractivity contribution is 5.45. The summed E-state index contributed by atoms with van der Waals surface area (Å²) >= 11 is 0. The Hall–Kier alpha value is -1.62. The number of rotatable bonds is 3. The van der Waals surface area contributed by atoms with Crippen LogP contribution in [0.5, 0.6) is 5.75 Å². The highest BCUT2D eigenvalue weighted by Crippen LogP contribution is 2.28. The zero-order chi connectivity index (χ0) is 10.7. The van der Waals surface area contributed by atoms with Crippen LogP contribution in [0.15, 0.2) is 24.3 Å². The molecule has 2 rings (SSSR count). The van der Waals surface area contributed by atoms with Crippen molar-refractivity contribution in [3.05, 3.63) is 34.4 Å². The van der Waals surface area contributed by atoms with Crippen molar-refractivity contribution in [3.8, 4) is 5.75 Å². The van der Waals surface area contributed by atoms with E-state index in [2.05, 4.69) is 0 Å². The van der Waals surface area contributed by atoms with Gasteiger partial charge in [0.15, 0.2) is 12.0 Å². The number of para-hydroxylation sites is 2. The van der Waals surface area contributed by atoms with E-state index in [0.717, 1.165) is 12.8 Å². The maximum Gasteiger partial charge on any atom is 0.311 e. The Labute approximate surface area is 86.8 Å². The minimum atomic E-state index is -0.454. The first kappa shape index (κ1) is 9.92. The van der Waals surface area contributed by atoms with Gasteiger partial charge >= 0.3 is 5.69 Å². The quantitative estimate of drug-likeness (QED) is 0.565. The van der Waals surface area contributed by atoms with E-state index in [4.69, 9.17) is 9.47 Å². The molecule has 1 aromatic carbocycles. The molecule has 0 unspecified atom stereocenters. The first-order chi connectivity index (χ1) is 7.27. The van der Waals surface area contributed by atoms with Crippen LogP contribution in [0, 0.1) is 10.1 Å². The normalized spacial score (nSPS) is 20.1. The van der Waals surface area contributed by atoms with Gasteiger partial charge in [0, 0.05) is 12.5 Å². The van der Waals surface area contributed by atoms with E-state index in [0.29, 0.717) is 6.61 Å². The Bertz CT molecular complexity index is 360. The summed E-state index contributed by atoms with van der Waals surface area (Å²) in [5, 5.41) is 10.7. The van der Waals surface area contributed by atoms with Crippen LogP contribution >= 0.6 is 0 Å². The maximum atomic E-state index is 10.7. The van der Waals surface area contributed by atoms with E-state index < -0.39 is 4.92 Å². The van der Waals surface area contributed by atoms with E-state index in [1.807, 2.05) is 0 Å². The Balaban J connectivity index is 2.15. The molecule has 0 amide bonds. The summed E-state index contributed by atoms with van der Waals surface area (Å²) in [6.07, 6.45) is 1.38. The van der Waals surface area contributed by atoms with Gasteiger partial charge in [0.05, 0.1) is 11.5 Å². The van der Waals surface area contributed by atoms with Gasteiger partial charge in [-0.2, -0.15) is 0 Å². The zero-order valence-corrected chi connectivity index (χ0v) is 8.09. The Kier molecular flexibility index (Phi) is 2.82. The van der Waals surface area contributed by atoms with Crippen LogP contribution in [0.25, 0.3) is 0 Å². The SMILES string of the molecule is O=[N+]([O-])c1ccccc1O[C@@H]1CCCO1. The second-order valence-electron chi connectivity index (χ2n) is 3.29. The molecule has 5 nitrogen and oxygen atoms in total. The molecule has 1 aliphatic rings. The zero-order valence-electron chi connectivity index (χ0n) is 8.09. The van der Waals surface area contributed by atoms with Crippen LogP contribution in [-0.2, 0) is 4.74 Å². The molecule has 15 heavy (non-hydrogen) atoms. The summed E-state index contributed by atoms with van der Waals surface area (Å²) in [4.78, 5) is 10.2. The van der Waals surface area contributed by atoms with Crippen molar-refractivity contribution in [2.24, 2.45) is 0 Å². The smallest absolute Gasteiger partial charge is 0.311 e. The fraction of sp³-hybridized carbons (Fsp3) is 0.400. The number of nitro groups is 1. The highest BCUT2D eigenvalue weighted by Gasteiger charge is 2.21. The molecule has 1 aliphatic heterocycles. The van der Waals surface area contributed by atoms with Gasteiger partial charge in [0.1, 0.15) is 0 Å². The third-order valence-corrected chi connectivity index (χ3v) is 2.21. The lowest BCUT2D eigenvalue weighted by Crippen LogP contribution is -2.14. The monoisotopic (exact) mass is 209 g/mol. The van der Waals surface area contributed by atoms with Crippen LogP contribution in [-0.4, -0.2) is 17.8 Å². The summed E-state index contributed by atoms with van der Waals surface area (Å²) in [7, 11) is 0. The molecule has 1 saturated heterocycles. The fourth-order valence-corrected chi connectivity index (χ4v) is 1.49. The van der Waals surface area contributed by atoms with Gasteiger partial charge in [-0.15, -0.1) is 0 Å². The van der Waals surface area contributed by atoms with Crippen LogP contribution < -0.4 is 4.74 Å². The number of nitro benzene ring substituents is 1. The molecule has 5 heteroatoms. The minimum absolute atomic E-state index is 0.0204. The Morgan fingerprint density at radius 3 is 2.93 bits per heavy atom. The Morgan fingerprint density at radius 2 is 2.27 bits per heavy atom. The number of hydrogen-bond donors (Lipinski definition) is 0. The van der Waals surface area contributed by atoms with Crippen molar-refractivity contribution in [3.63, 3.8) is 0 Å². The minimum Gasteiger partial charge on any atom is -0.458 e. The average Bonchev–Trinajstić information content (AvgIpc) is 2.71. The van der Waals surface area contributed by atoms with E-state index in [9.17, 15) is 10.1 Å². The summed E-state index contributed by atoms with van der Waals surface area (Å²) in [5.74, 6) is 0.273. The van der Waals surface area contributed by atoms with Crippen LogP contribution in [0.4, 0.5) is 5.69 Å². The van der Waals surface area contributed by atoms with E-state index in [1.54, 1.807) is 18.2 Å². The molecule has 0 radical (unpaired) electrons. The average molecular weight is 209 g/mol. The molecule has 0 saturated carbocycles. The first-order valence-electron chi connectivity index (χ1n) is 4.79. The predicted octanol–water partition coefficient (Wildman–Crippen LogP) is 2.11. The molecule has 1 aromatic rings. The summed E-state index contributed by atoms with van der Waals surface area (Å²) < 4.78 is 10.7. The van der Waals surface area contributed by atoms with Crippen LogP contribution in [0.1, 0.15) is 12.8 Å². The van der Waals surface area contributed by atoms with Gasteiger partial charge in [0.25, 0.3) is 0 Å². The van der Waals surface area contributed by atoms with Gasteiger partial charge in [-0.3, -0.25) is 10.1 Å². The van der Waals surface area contributed by atoms with Crippen molar-refractivity contribution in [2.75, 3.05) is 6.61 Å². The second-order valence-corrected chi connectivity index (χ2v) is 3.29. The molecular weight excluding hydrogens is 198 g/mol. The standard InChI is InChI=1S/C10H11NO4/c12-11(13)8-4-1-2-5-9(8)15-10-6-3-7-14-10/h1-2,4-5,10H,3,6-7H2/t10-/m1/s1. The Morgan fingerprint density at radius 1 is 1.47 bits per heavy atom. The van der Waals surface area contributed by atoms with Gasteiger partial charge in [-0.25, -0.2) is 0 Å². The number of benzene rings is 1. The van der Waals surface area contributed by atoms with Gasteiger partial charge in [0.2, 0.25) is 0 Å². The second kappa shape index (κ2) is 4.27. The fourth-order valence-electron chi connectivity index (χ4n) is 1.49. The topological polar surface area (TPSA) is 61.6 Å². The molecule has 1 fully saturated rings. The first-order valence-corrected chi connectivity index (χ1v) is 4.79. The molecule has 0 bridgehead atoms. The van der Waals surface area contributed by atoms with Crippen molar-refractivity contribution in [1.29, 1.82) is 0 Å². The maximum absolute atomic E-state index is 10.7. The van der Waals surface area contributed by atoms with Gasteiger partial charge in [-0.05, 0) is 12.5 Å². The summed E-state index contributed by atoms with van der Waals surface area (Å²) in [6, 6.07) is 6.32. The number of nitrogens with zero attached hydrogens (tertiary/aromatic N) is 1. The predicted molar refractivity (Wildman–Crippen MR) is 52.7 cm³/mol. The molecule has 80 valence electrons. The van der Waals surface area contributed by atoms with Gasteiger partial charge in [-0.1, -0.05) is 12.1 Å². The summed E-state index contributed by atoms with van der Waals surface area (Å²) in [5.41, 5.74) is -0.0204. The van der Waals surface area contributed by atoms with E-state index >= 15 is 0 Å². The number of ether oxygens (including phenoxy) is 2. The largest absolute Gasteiger partial charge is 0.458 e. The summed E-state index contributed by atoms with van der Waals surface area (Å²) in [6.45, 7) is 0.658. The number of hydrogen-bond acceptors (Lipinski definition) is 4. The molecule has 0 aromatic heterocycles. The van der Waals surface area contributed by atoms with Crippen LogP contribution in [0.3, 0.4) is 0 Å². The molecule has 0 aliphatic carbocycles. The van der Waals surface area contributed by atoms with Gasteiger partial charge < -0.3 is 9.47 Å². The van der Waals surface area contributed by atoms with Crippen molar-refractivity contribution in [1.82, 2.24) is 0 Å². The van der Waals surface area contributed by atoms with Crippen LogP contribution in [0.2, 0.25) is 0 Å². The third kappa shape index (κ3) is 2.24. The lowest BCUT2D eigenvalue weighted by Gasteiger charge is -2.12. The molecule has 1 atom stereocenters. The third-order valence-electron chi connectivity index (χ3n) is 2.21. The highest BCUT2D eigenvalue weighted by atomic mass is 16.7. The lowest BCUT2D eigenvalue weighted by atomic mass is 10.3.